The van der Waals surface area contributed by atoms with Gasteiger partial charge in [0.2, 0.25) is 0 Å². The number of nitriles is 1. The van der Waals surface area contributed by atoms with Crippen molar-refractivity contribution >= 4 is 0 Å². The Labute approximate surface area is 129 Å². The highest BCUT2D eigenvalue weighted by Crippen LogP contribution is 2.37. The van der Waals surface area contributed by atoms with Crippen LogP contribution in [0.25, 0.3) is 0 Å². The summed E-state index contributed by atoms with van der Waals surface area (Å²) in [4.78, 5) is 0. The van der Waals surface area contributed by atoms with E-state index in [-0.39, 0.29) is 12.0 Å². The van der Waals surface area contributed by atoms with Crippen molar-refractivity contribution in [3.05, 3.63) is 35.9 Å². The Balaban J connectivity index is 1.89. The molecule has 0 bridgehead atoms. The molecule has 1 saturated carbocycles. The number of ether oxygens (including phenoxy) is 1. The fraction of sp³-hybridized carbons (Fsp3) is 0.632. The third-order valence-corrected chi connectivity index (χ3v) is 4.49. The molecule has 0 N–H and O–H groups in total. The zero-order valence-corrected chi connectivity index (χ0v) is 13.3. The minimum Gasteiger partial charge on any atom is -0.377 e. The van der Waals surface area contributed by atoms with E-state index in [1.807, 2.05) is 0 Å². The van der Waals surface area contributed by atoms with Gasteiger partial charge in [0.05, 0.1) is 18.1 Å². The maximum Gasteiger partial charge on any atom is 0.0739 e. The second kappa shape index (κ2) is 8.20. The number of rotatable bonds is 6. The highest BCUT2D eigenvalue weighted by atomic mass is 16.5. The molecule has 0 saturated heterocycles. The van der Waals surface area contributed by atoms with Crippen LogP contribution in [0.4, 0.5) is 0 Å². The van der Waals surface area contributed by atoms with Gasteiger partial charge in [0.25, 0.3) is 0 Å². The second-order valence-corrected chi connectivity index (χ2v) is 6.60. The first-order valence-corrected chi connectivity index (χ1v) is 8.27. The van der Waals surface area contributed by atoms with E-state index in [0.717, 1.165) is 38.2 Å². The molecule has 1 fully saturated rings. The summed E-state index contributed by atoms with van der Waals surface area (Å²) < 4.78 is 6.07. The smallest absolute Gasteiger partial charge is 0.0739 e. The van der Waals surface area contributed by atoms with E-state index < -0.39 is 0 Å². The van der Waals surface area contributed by atoms with Crippen molar-refractivity contribution in [3.8, 4) is 6.07 Å². The molecule has 0 radical (unpaired) electrons. The first kappa shape index (κ1) is 16.0. The maximum atomic E-state index is 9.33. The predicted octanol–water partition coefficient (Wildman–Crippen LogP) is 4.92. The molecule has 3 atom stereocenters. The van der Waals surface area contributed by atoms with Gasteiger partial charge >= 0.3 is 0 Å². The van der Waals surface area contributed by atoms with Crippen molar-refractivity contribution in [2.75, 3.05) is 6.61 Å². The standard InChI is InChI=1S/C19H27NO/c1-15(2)7-6-12-21-19-13-17(10-11-18(19)14-20)16-8-4-3-5-9-16/h3-5,8-9,15,17-19H,6-7,10-13H2,1-2H3. The third-order valence-electron chi connectivity index (χ3n) is 4.49. The molecular weight excluding hydrogens is 258 g/mol. The van der Waals surface area contributed by atoms with Gasteiger partial charge in [-0.1, -0.05) is 44.2 Å². The molecule has 2 nitrogen and oxygen atoms in total. The van der Waals surface area contributed by atoms with Crippen molar-refractivity contribution in [1.29, 1.82) is 5.26 Å². The van der Waals surface area contributed by atoms with Crippen LogP contribution in [0.5, 0.6) is 0 Å². The van der Waals surface area contributed by atoms with Gasteiger partial charge in [-0.15, -0.1) is 0 Å². The Kier molecular flexibility index (Phi) is 6.26. The normalized spacial score (nSPS) is 25.7. The molecule has 114 valence electrons. The molecule has 1 aliphatic carbocycles. The van der Waals surface area contributed by atoms with Gasteiger partial charge in [0.1, 0.15) is 0 Å². The molecule has 3 unspecified atom stereocenters. The van der Waals surface area contributed by atoms with Gasteiger partial charge in [-0.2, -0.15) is 5.26 Å². The van der Waals surface area contributed by atoms with E-state index in [1.54, 1.807) is 0 Å². The van der Waals surface area contributed by atoms with Gasteiger partial charge in [-0.3, -0.25) is 0 Å². The first-order chi connectivity index (χ1) is 10.2. The van der Waals surface area contributed by atoms with Crippen molar-refractivity contribution in [1.82, 2.24) is 0 Å². The minimum atomic E-state index is 0.0732. The molecule has 0 heterocycles. The Morgan fingerprint density at radius 1 is 1.24 bits per heavy atom. The molecule has 0 spiro atoms. The second-order valence-electron chi connectivity index (χ2n) is 6.60. The molecular formula is C19H27NO. The van der Waals surface area contributed by atoms with E-state index in [1.165, 1.54) is 12.0 Å². The van der Waals surface area contributed by atoms with Gasteiger partial charge in [0, 0.05) is 6.61 Å². The Bertz CT molecular complexity index is 448. The SMILES string of the molecule is CC(C)CCCOC1CC(c2ccccc2)CCC1C#N. The average Bonchev–Trinajstić information content (AvgIpc) is 2.52. The average molecular weight is 285 g/mol. The van der Waals surface area contributed by atoms with Crippen LogP contribution in [0.3, 0.4) is 0 Å². The fourth-order valence-corrected chi connectivity index (χ4v) is 3.22. The van der Waals surface area contributed by atoms with Gasteiger partial charge < -0.3 is 4.74 Å². The highest BCUT2D eigenvalue weighted by molar-refractivity contribution is 5.20. The van der Waals surface area contributed by atoms with Crippen molar-refractivity contribution in [3.63, 3.8) is 0 Å². The van der Waals surface area contributed by atoms with Crippen molar-refractivity contribution < 1.29 is 4.74 Å². The number of benzene rings is 1. The zero-order valence-electron chi connectivity index (χ0n) is 13.3. The summed E-state index contributed by atoms with van der Waals surface area (Å²) in [6, 6.07) is 13.1. The third kappa shape index (κ3) is 4.86. The van der Waals surface area contributed by atoms with E-state index in [2.05, 4.69) is 50.2 Å². The van der Waals surface area contributed by atoms with Crippen LogP contribution in [0.15, 0.2) is 30.3 Å². The van der Waals surface area contributed by atoms with Crippen LogP contribution < -0.4 is 0 Å². The summed E-state index contributed by atoms with van der Waals surface area (Å²) in [6.07, 6.45) is 5.47. The fourth-order valence-electron chi connectivity index (χ4n) is 3.22. The molecule has 1 aromatic carbocycles. The Morgan fingerprint density at radius 2 is 2.00 bits per heavy atom. The summed E-state index contributed by atoms with van der Waals surface area (Å²) in [5.41, 5.74) is 1.39. The molecule has 0 amide bonds. The monoisotopic (exact) mass is 285 g/mol. The number of hydrogen-bond donors (Lipinski definition) is 0. The lowest BCUT2D eigenvalue weighted by molar-refractivity contribution is -0.00221. The van der Waals surface area contributed by atoms with Gasteiger partial charge in [-0.05, 0) is 49.5 Å². The predicted molar refractivity (Wildman–Crippen MR) is 85.9 cm³/mol. The molecule has 21 heavy (non-hydrogen) atoms. The molecule has 2 heteroatoms. The van der Waals surface area contributed by atoms with Crippen molar-refractivity contribution in [2.45, 2.75) is 58.0 Å². The summed E-state index contributed by atoms with van der Waals surface area (Å²) in [6.45, 7) is 5.27. The van der Waals surface area contributed by atoms with E-state index >= 15 is 0 Å². The summed E-state index contributed by atoms with van der Waals surface area (Å²) in [5, 5.41) is 9.33. The van der Waals surface area contributed by atoms with Crippen molar-refractivity contribution in [2.24, 2.45) is 11.8 Å². The number of hydrogen-bond acceptors (Lipinski definition) is 2. The summed E-state index contributed by atoms with van der Waals surface area (Å²) in [5.74, 6) is 1.35. The van der Waals surface area contributed by atoms with Crippen LogP contribution in [0.2, 0.25) is 0 Å². The van der Waals surface area contributed by atoms with E-state index in [4.69, 9.17) is 4.74 Å². The zero-order chi connectivity index (χ0) is 15.1. The number of nitrogens with zero attached hydrogens (tertiary/aromatic N) is 1. The highest BCUT2D eigenvalue weighted by Gasteiger charge is 2.31. The minimum absolute atomic E-state index is 0.0732. The lowest BCUT2D eigenvalue weighted by Crippen LogP contribution is -2.30. The largest absolute Gasteiger partial charge is 0.377 e. The van der Waals surface area contributed by atoms with Crippen LogP contribution in [-0.4, -0.2) is 12.7 Å². The molecule has 1 aromatic rings. The van der Waals surface area contributed by atoms with E-state index in [9.17, 15) is 5.26 Å². The van der Waals surface area contributed by atoms with Crippen LogP contribution in [0.1, 0.15) is 57.4 Å². The molecule has 0 aliphatic heterocycles. The first-order valence-electron chi connectivity index (χ1n) is 8.27. The maximum absolute atomic E-state index is 9.33. The van der Waals surface area contributed by atoms with Crippen LogP contribution >= 0.6 is 0 Å². The lowest BCUT2D eigenvalue weighted by Gasteiger charge is -2.33. The Morgan fingerprint density at radius 3 is 2.67 bits per heavy atom. The Hall–Kier alpha value is -1.33. The summed E-state index contributed by atoms with van der Waals surface area (Å²) >= 11 is 0. The molecule has 1 aliphatic rings. The molecule has 2 rings (SSSR count). The summed E-state index contributed by atoms with van der Waals surface area (Å²) in [7, 11) is 0. The van der Waals surface area contributed by atoms with Gasteiger partial charge in [-0.25, -0.2) is 0 Å². The topological polar surface area (TPSA) is 33.0 Å². The van der Waals surface area contributed by atoms with Gasteiger partial charge in [0.15, 0.2) is 0 Å². The quantitative estimate of drug-likeness (QED) is 0.695. The lowest BCUT2D eigenvalue weighted by atomic mass is 9.77. The van der Waals surface area contributed by atoms with Crippen LogP contribution in [-0.2, 0) is 4.74 Å². The van der Waals surface area contributed by atoms with E-state index in [0.29, 0.717) is 5.92 Å². The molecule has 0 aromatic heterocycles. The van der Waals surface area contributed by atoms with Crippen LogP contribution in [0, 0.1) is 23.2 Å².